The van der Waals surface area contributed by atoms with Crippen LogP contribution in [-0.4, -0.2) is 16.0 Å². The molecule has 1 heterocycles. The third-order valence-electron chi connectivity index (χ3n) is 2.87. The van der Waals surface area contributed by atoms with Crippen LogP contribution in [-0.2, 0) is 4.79 Å². The van der Waals surface area contributed by atoms with Crippen molar-refractivity contribution in [2.45, 2.75) is 20.8 Å². The smallest absolute Gasteiger partial charge is 0.229 e. The van der Waals surface area contributed by atoms with Crippen LogP contribution in [0.3, 0.4) is 0 Å². The lowest BCUT2D eigenvalue weighted by molar-refractivity contribution is -0.123. The highest BCUT2D eigenvalue weighted by Crippen LogP contribution is 2.25. The number of phenols is 1. The van der Waals surface area contributed by atoms with E-state index in [0.29, 0.717) is 11.5 Å². The normalized spacial score (nSPS) is 11.0. The Balaban J connectivity index is 2.21. The third kappa shape index (κ3) is 3.95. The number of hydrogen-bond donors (Lipinski definition) is 3. The molecule has 0 aliphatic carbocycles. The van der Waals surface area contributed by atoms with Crippen LogP contribution in [0.25, 0.3) is 0 Å². The summed E-state index contributed by atoms with van der Waals surface area (Å²) < 4.78 is 0. The zero-order chi connectivity index (χ0) is 15.5. The van der Waals surface area contributed by atoms with Gasteiger partial charge in [-0.15, -0.1) is 0 Å². The highest BCUT2D eigenvalue weighted by molar-refractivity contribution is 5.97. The van der Waals surface area contributed by atoms with Gasteiger partial charge in [-0.05, 0) is 36.4 Å². The molecule has 0 fully saturated rings. The van der Waals surface area contributed by atoms with E-state index in [0.717, 1.165) is 5.69 Å². The second-order valence-corrected chi connectivity index (χ2v) is 5.78. The summed E-state index contributed by atoms with van der Waals surface area (Å²) in [4.78, 5) is 16.3. The monoisotopic (exact) mass is 285 g/mol. The number of amides is 1. The summed E-state index contributed by atoms with van der Waals surface area (Å²) in [5.41, 5.74) is 0.911. The maximum Gasteiger partial charge on any atom is 0.229 e. The van der Waals surface area contributed by atoms with E-state index in [9.17, 15) is 9.90 Å². The van der Waals surface area contributed by atoms with Gasteiger partial charge in [0.25, 0.3) is 0 Å². The number of pyridine rings is 1. The fourth-order valence-electron chi connectivity index (χ4n) is 1.60. The largest absolute Gasteiger partial charge is 0.508 e. The quantitative estimate of drug-likeness (QED) is 0.754. The SMILES string of the molecule is CC(C)(C)C(=O)Nc1cccnc1Nc1ccc(O)cc1. The van der Waals surface area contributed by atoms with Gasteiger partial charge in [0.05, 0.1) is 5.69 Å². The molecule has 5 nitrogen and oxygen atoms in total. The minimum absolute atomic E-state index is 0.0794. The number of benzene rings is 1. The molecule has 0 aliphatic heterocycles. The molecule has 5 heteroatoms. The lowest BCUT2D eigenvalue weighted by Gasteiger charge is -2.19. The van der Waals surface area contributed by atoms with Crippen LogP contribution in [0.4, 0.5) is 17.2 Å². The number of rotatable bonds is 3. The van der Waals surface area contributed by atoms with Crippen LogP contribution in [0.1, 0.15) is 20.8 Å². The highest BCUT2D eigenvalue weighted by atomic mass is 16.3. The van der Waals surface area contributed by atoms with Crippen LogP contribution in [0.5, 0.6) is 5.75 Å². The first kappa shape index (κ1) is 14.8. The molecule has 1 amide bonds. The van der Waals surface area contributed by atoms with Crippen molar-refractivity contribution < 1.29 is 9.90 Å². The maximum atomic E-state index is 12.1. The minimum Gasteiger partial charge on any atom is -0.508 e. The maximum absolute atomic E-state index is 12.1. The number of phenolic OH excluding ortho intramolecular Hbond substituents is 1. The summed E-state index contributed by atoms with van der Waals surface area (Å²) >= 11 is 0. The standard InChI is InChI=1S/C16H19N3O2/c1-16(2,3)15(21)19-13-5-4-10-17-14(13)18-11-6-8-12(20)9-7-11/h4-10,20H,1-3H3,(H,17,18)(H,19,21). The predicted molar refractivity (Wildman–Crippen MR) is 83.7 cm³/mol. The molecule has 0 saturated heterocycles. The van der Waals surface area contributed by atoms with Crippen molar-refractivity contribution in [1.29, 1.82) is 0 Å². The molecule has 0 bridgehead atoms. The molecular weight excluding hydrogens is 266 g/mol. The molecule has 0 spiro atoms. The fourth-order valence-corrected chi connectivity index (χ4v) is 1.60. The second kappa shape index (κ2) is 5.83. The molecule has 0 aliphatic rings. The topological polar surface area (TPSA) is 74.2 Å². The van der Waals surface area contributed by atoms with E-state index in [1.807, 2.05) is 20.8 Å². The van der Waals surface area contributed by atoms with E-state index in [-0.39, 0.29) is 11.7 Å². The molecule has 21 heavy (non-hydrogen) atoms. The summed E-state index contributed by atoms with van der Waals surface area (Å²) in [7, 11) is 0. The Labute approximate surface area is 124 Å². The zero-order valence-electron chi connectivity index (χ0n) is 12.3. The van der Waals surface area contributed by atoms with Crippen LogP contribution >= 0.6 is 0 Å². The van der Waals surface area contributed by atoms with E-state index in [1.54, 1.807) is 42.6 Å². The van der Waals surface area contributed by atoms with Crippen molar-refractivity contribution in [3.05, 3.63) is 42.6 Å². The molecule has 1 aromatic carbocycles. The van der Waals surface area contributed by atoms with Crippen molar-refractivity contribution in [1.82, 2.24) is 4.98 Å². The Hall–Kier alpha value is -2.56. The molecular formula is C16H19N3O2. The minimum atomic E-state index is -0.481. The van der Waals surface area contributed by atoms with Gasteiger partial charge >= 0.3 is 0 Å². The zero-order valence-corrected chi connectivity index (χ0v) is 12.3. The summed E-state index contributed by atoms with van der Waals surface area (Å²) in [6.07, 6.45) is 1.65. The van der Waals surface area contributed by atoms with E-state index in [1.165, 1.54) is 0 Å². The third-order valence-corrected chi connectivity index (χ3v) is 2.87. The summed E-state index contributed by atoms with van der Waals surface area (Å²) in [5.74, 6) is 0.674. The van der Waals surface area contributed by atoms with E-state index in [2.05, 4.69) is 15.6 Å². The van der Waals surface area contributed by atoms with Crippen molar-refractivity contribution in [3.8, 4) is 5.75 Å². The highest BCUT2D eigenvalue weighted by Gasteiger charge is 2.22. The van der Waals surface area contributed by atoms with E-state index < -0.39 is 5.41 Å². The predicted octanol–water partition coefficient (Wildman–Crippen LogP) is 3.52. The van der Waals surface area contributed by atoms with Gasteiger partial charge in [0.1, 0.15) is 5.75 Å². The van der Waals surface area contributed by atoms with E-state index in [4.69, 9.17) is 0 Å². The first-order valence-electron chi connectivity index (χ1n) is 6.69. The molecule has 0 unspecified atom stereocenters. The Kier molecular flexibility index (Phi) is 4.12. The number of hydrogen-bond acceptors (Lipinski definition) is 4. The number of anilines is 3. The van der Waals surface area contributed by atoms with Gasteiger partial charge in [0.2, 0.25) is 5.91 Å². The van der Waals surface area contributed by atoms with Crippen LogP contribution < -0.4 is 10.6 Å². The van der Waals surface area contributed by atoms with Crippen molar-refractivity contribution in [2.24, 2.45) is 5.41 Å². The molecule has 110 valence electrons. The first-order chi connectivity index (χ1) is 9.86. The fraction of sp³-hybridized carbons (Fsp3) is 0.250. The molecule has 2 rings (SSSR count). The van der Waals surface area contributed by atoms with Gasteiger partial charge < -0.3 is 15.7 Å². The molecule has 2 aromatic rings. The number of aromatic nitrogens is 1. The van der Waals surface area contributed by atoms with Gasteiger partial charge in [-0.1, -0.05) is 20.8 Å². The summed E-state index contributed by atoms with van der Waals surface area (Å²) in [6, 6.07) is 10.2. The van der Waals surface area contributed by atoms with Gasteiger partial charge in [0.15, 0.2) is 5.82 Å². The lowest BCUT2D eigenvalue weighted by Crippen LogP contribution is -2.28. The number of nitrogens with one attached hydrogen (secondary N) is 2. The van der Waals surface area contributed by atoms with Gasteiger partial charge in [-0.2, -0.15) is 0 Å². The summed E-state index contributed by atoms with van der Waals surface area (Å²) in [6.45, 7) is 5.56. The van der Waals surface area contributed by atoms with Crippen molar-refractivity contribution >= 4 is 23.1 Å². The molecule has 0 saturated carbocycles. The van der Waals surface area contributed by atoms with Crippen LogP contribution in [0.2, 0.25) is 0 Å². The Morgan fingerprint density at radius 1 is 1.14 bits per heavy atom. The first-order valence-corrected chi connectivity index (χ1v) is 6.69. The number of aromatic hydroxyl groups is 1. The van der Waals surface area contributed by atoms with Gasteiger partial charge in [-0.3, -0.25) is 4.79 Å². The molecule has 3 N–H and O–H groups in total. The van der Waals surface area contributed by atoms with Crippen molar-refractivity contribution in [3.63, 3.8) is 0 Å². The summed E-state index contributed by atoms with van der Waals surface area (Å²) in [5, 5.41) is 15.3. The van der Waals surface area contributed by atoms with Gasteiger partial charge in [-0.25, -0.2) is 4.98 Å². The average Bonchev–Trinajstić information content (AvgIpc) is 2.42. The van der Waals surface area contributed by atoms with E-state index >= 15 is 0 Å². The Bertz CT molecular complexity index is 631. The molecule has 1 aromatic heterocycles. The van der Waals surface area contributed by atoms with Gasteiger partial charge in [0, 0.05) is 17.3 Å². The second-order valence-electron chi connectivity index (χ2n) is 5.78. The number of carbonyl (C=O) groups is 1. The Morgan fingerprint density at radius 3 is 2.43 bits per heavy atom. The lowest BCUT2D eigenvalue weighted by atomic mass is 9.95. The molecule has 0 atom stereocenters. The average molecular weight is 285 g/mol. The van der Waals surface area contributed by atoms with Crippen molar-refractivity contribution in [2.75, 3.05) is 10.6 Å². The van der Waals surface area contributed by atoms with Crippen LogP contribution in [0.15, 0.2) is 42.6 Å². The van der Waals surface area contributed by atoms with Crippen LogP contribution in [0, 0.1) is 5.41 Å². The number of carbonyl (C=O) groups excluding carboxylic acids is 1. The number of nitrogens with zero attached hydrogens (tertiary/aromatic N) is 1. The Morgan fingerprint density at radius 2 is 1.81 bits per heavy atom. The molecule has 0 radical (unpaired) electrons.